The molecule has 1 aliphatic rings. The first-order chi connectivity index (χ1) is 12.8. The maximum atomic E-state index is 6.04. The second kappa shape index (κ2) is 8.08. The third-order valence-corrected chi connectivity index (χ3v) is 5.03. The first kappa shape index (κ1) is 17.3. The maximum absolute atomic E-state index is 6.04. The fourth-order valence-electron chi connectivity index (χ4n) is 3.34. The highest BCUT2D eigenvalue weighted by Gasteiger charge is 2.20. The number of hydrogen-bond donors (Lipinski definition) is 1. The Morgan fingerprint density at radius 1 is 1.12 bits per heavy atom. The zero-order valence-electron chi connectivity index (χ0n) is 14.5. The molecule has 3 heterocycles. The lowest BCUT2D eigenvalue weighted by atomic mass is 10.0. The minimum Gasteiger partial charge on any atom is -0.468 e. The summed E-state index contributed by atoms with van der Waals surface area (Å²) in [6.45, 7) is 3.73. The van der Waals surface area contributed by atoms with Gasteiger partial charge in [-0.3, -0.25) is 4.90 Å². The van der Waals surface area contributed by atoms with Gasteiger partial charge in [-0.1, -0.05) is 28.9 Å². The van der Waals surface area contributed by atoms with E-state index in [-0.39, 0.29) is 0 Å². The summed E-state index contributed by atoms with van der Waals surface area (Å²) in [7, 11) is 0. The van der Waals surface area contributed by atoms with Crippen LogP contribution in [0.1, 0.15) is 24.4 Å². The van der Waals surface area contributed by atoms with Crippen molar-refractivity contribution >= 4 is 11.6 Å². The van der Waals surface area contributed by atoms with Crippen LogP contribution in [-0.4, -0.2) is 29.2 Å². The second-order valence-electron chi connectivity index (χ2n) is 6.70. The minimum atomic E-state index is 0.502. The monoisotopic (exact) mass is 371 g/mol. The van der Waals surface area contributed by atoms with Gasteiger partial charge < -0.3 is 14.3 Å². The largest absolute Gasteiger partial charge is 0.468 e. The van der Waals surface area contributed by atoms with Gasteiger partial charge in [-0.05, 0) is 37.1 Å². The number of nitrogens with zero attached hydrogens (tertiary/aromatic N) is 2. The first-order valence-electron chi connectivity index (χ1n) is 8.96. The Morgan fingerprint density at radius 3 is 2.77 bits per heavy atom. The van der Waals surface area contributed by atoms with Gasteiger partial charge in [0.15, 0.2) is 5.76 Å². The zero-order valence-corrected chi connectivity index (χ0v) is 15.3. The van der Waals surface area contributed by atoms with Crippen LogP contribution in [0, 0.1) is 0 Å². The molecule has 0 aliphatic carbocycles. The maximum Gasteiger partial charge on any atom is 0.151 e. The van der Waals surface area contributed by atoms with Crippen molar-refractivity contribution < 1.29 is 8.94 Å². The number of aromatic nitrogens is 1. The van der Waals surface area contributed by atoms with Crippen molar-refractivity contribution in [3.63, 3.8) is 0 Å². The Balaban J connectivity index is 1.25. The molecular weight excluding hydrogens is 350 g/mol. The third-order valence-electron chi connectivity index (χ3n) is 4.79. The van der Waals surface area contributed by atoms with E-state index in [0.717, 1.165) is 55.3 Å². The molecule has 1 N–H and O–H groups in total. The Labute approximate surface area is 157 Å². The fraction of sp³-hybridized carbons (Fsp3) is 0.350. The molecule has 26 heavy (non-hydrogen) atoms. The van der Waals surface area contributed by atoms with Gasteiger partial charge in [-0.25, -0.2) is 0 Å². The molecule has 0 radical (unpaired) electrons. The van der Waals surface area contributed by atoms with Crippen molar-refractivity contribution in [1.29, 1.82) is 0 Å². The molecule has 1 fully saturated rings. The van der Waals surface area contributed by atoms with E-state index in [0.29, 0.717) is 17.6 Å². The Bertz CT molecular complexity index is 823. The molecule has 4 rings (SSSR count). The number of piperidine rings is 1. The van der Waals surface area contributed by atoms with E-state index in [1.807, 2.05) is 42.5 Å². The fourth-order valence-corrected chi connectivity index (χ4v) is 3.53. The summed E-state index contributed by atoms with van der Waals surface area (Å²) in [6.07, 6.45) is 3.98. The summed E-state index contributed by atoms with van der Waals surface area (Å²) in [6, 6.07) is 14.1. The summed E-state index contributed by atoms with van der Waals surface area (Å²) >= 11 is 6.04. The van der Waals surface area contributed by atoms with Gasteiger partial charge in [0.25, 0.3) is 0 Å². The molecule has 3 aromatic rings. The quantitative estimate of drug-likeness (QED) is 0.698. The average molecular weight is 372 g/mol. The van der Waals surface area contributed by atoms with Gasteiger partial charge in [0, 0.05) is 35.8 Å². The molecule has 0 spiro atoms. The van der Waals surface area contributed by atoms with Crippen molar-refractivity contribution in [2.75, 3.05) is 13.1 Å². The summed E-state index contributed by atoms with van der Waals surface area (Å²) in [5.74, 6) is 1.88. The van der Waals surface area contributed by atoms with E-state index in [1.54, 1.807) is 6.26 Å². The summed E-state index contributed by atoms with van der Waals surface area (Å²) < 4.78 is 10.9. The Kier molecular flexibility index (Phi) is 5.39. The van der Waals surface area contributed by atoms with Gasteiger partial charge >= 0.3 is 0 Å². The molecule has 1 aromatic carbocycles. The van der Waals surface area contributed by atoms with Gasteiger partial charge in [-0.15, -0.1) is 0 Å². The van der Waals surface area contributed by atoms with Gasteiger partial charge in [0.2, 0.25) is 0 Å². The number of nitrogens with one attached hydrogen (secondary N) is 1. The van der Waals surface area contributed by atoms with Crippen molar-refractivity contribution in [2.45, 2.75) is 32.0 Å². The zero-order chi connectivity index (χ0) is 17.8. The van der Waals surface area contributed by atoms with Crippen LogP contribution in [0.5, 0.6) is 0 Å². The molecule has 1 saturated heterocycles. The molecule has 136 valence electrons. The molecule has 0 amide bonds. The van der Waals surface area contributed by atoms with Crippen molar-refractivity contribution in [2.24, 2.45) is 0 Å². The van der Waals surface area contributed by atoms with E-state index in [1.165, 1.54) is 0 Å². The Morgan fingerprint density at radius 2 is 2.00 bits per heavy atom. The van der Waals surface area contributed by atoms with Crippen LogP contribution in [-0.2, 0) is 13.1 Å². The van der Waals surface area contributed by atoms with Crippen LogP contribution >= 0.6 is 11.6 Å². The number of rotatable bonds is 6. The highest BCUT2D eigenvalue weighted by Crippen LogP contribution is 2.22. The molecule has 2 aromatic heterocycles. The Hall–Kier alpha value is -2.08. The molecule has 6 heteroatoms. The number of halogens is 1. The molecule has 0 saturated carbocycles. The lowest BCUT2D eigenvalue weighted by molar-refractivity contribution is 0.176. The number of furan rings is 1. The van der Waals surface area contributed by atoms with E-state index in [2.05, 4.69) is 15.4 Å². The number of benzene rings is 1. The molecule has 5 nitrogen and oxygen atoms in total. The van der Waals surface area contributed by atoms with Crippen molar-refractivity contribution in [3.8, 4) is 11.3 Å². The lowest BCUT2D eigenvalue weighted by Gasteiger charge is -2.31. The predicted molar refractivity (Wildman–Crippen MR) is 101 cm³/mol. The summed E-state index contributed by atoms with van der Waals surface area (Å²) in [5.41, 5.74) is 1.79. The number of likely N-dealkylation sites (tertiary alicyclic amines) is 1. The van der Waals surface area contributed by atoms with Gasteiger partial charge in [0.1, 0.15) is 11.5 Å². The van der Waals surface area contributed by atoms with E-state index in [9.17, 15) is 0 Å². The first-order valence-corrected chi connectivity index (χ1v) is 9.34. The molecule has 0 bridgehead atoms. The van der Waals surface area contributed by atoms with Crippen LogP contribution in [0.2, 0.25) is 5.02 Å². The van der Waals surface area contributed by atoms with Crippen LogP contribution in [0.4, 0.5) is 0 Å². The molecule has 1 aliphatic heterocycles. The topological polar surface area (TPSA) is 54.4 Å². The second-order valence-corrected chi connectivity index (χ2v) is 7.14. The average Bonchev–Trinajstić information content (AvgIpc) is 3.33. The van der Waals surface area contributed by atoms with E-state index >= 15 is 0 Å². The minimum absolute atomic E-state index is 0.502. The summed E-state index contributed by atoms with van der Waals surface area (Å²) in [4.78, 5) is 2.43. The molecule has 0 atom stereocenters. The molecular formula is C20H22ClN3O2. The predicted octanol–water partition coefficient (Wildman–Crippen LogP) is 4.34. The highest BCUT2D eigenvalue weighted by molar-refractivity contribution is 6.30. The third kappa shape index (κ3) is 4.36. The van der Waals surface area contributed by atoms with Crippen molar-refractivity contribution in [1.82, 2.24) is 15.4 Å². The van der Waals surface area contributed by atoms with E-state index in [4.69, 9.17) is 20.5 Å². The van der Waals surface area contributed by atoms with Gasteiger partial charge in [-0.2, -0.15) is 0 Å². The lowest BCUT2D eigenvalue weighted by Crippen LogP contribution is -2.41. The van der Waals surface area contributed by atoms with Gasteiger partial charge in [0.05, 0.1) is 19.4 Å². The van der Waals surface area contributed by atoms with Crippen LogP contribution in [0.15, 0.2) is 57.7 Å². The van der Waals surface area contributed by atoms with Crippen LogP contribution in [0.3, 0.4) is 0 Å². The SMILES string of the molecule is Clc1cccc(-c2cc(CNC3CCN(Cc4ccco4)CC3)on2)c1. The van der Waals surface area contributed by atoms with Crippen LogP contribution < -0.4 is 5.32 Å². The molecule has 0 unspecified atom stereocenters. The normalized spacial score (nSPS) is 16.2. The smallest absolute Gasteiger partial charge is 0.151 e. The van der Waals surface area contributed by atoms with Crippen LogP contribution in [0.25, 0.3) is 11.3 Å². The van der Waals surface area contributed by atoms with E-state index < -0.39 is 0 Å². The highest BCUT2D eigenvalue weighted by atomic mass is 35.5. The number of hydrogen-bond acceptors (Lipinski definition) is 5. The van der Waals surface area contributed by atoms with Crippen molar-refractivity contribution in [3.05, 3.63) is 65.3 Å². The standard InChI is InChI=1S/C20H22ClN3O2/c21-16-4-1-3-15(11-16)20-12-19(26-23-20)13-22-17-6-8-24(9-7-17)14-18-5-2-10-25-18/h1-5,10-12,17,22H,6-9,13-14H2. The summed E-state index contributed by atoms with van der Waals surface area (Å²) in [5, 5.41) is 8.44.